The standard InChI is InChI=1S/C36H47N3O6/c1-7-20-38(27-18-16-26(17-19-27)37(8-2)9-3)33(42)31-36-22-24(5)35(6,45-36)30(34(43)44-10-4)29(36)32(41)39(31)28(23-40)21-25-14-12-11-13-15-25/h7,11-19,24,28-31,40H,1,8-10,20-23H2,2-6H3/t24?,28-,29+,30+,31?,35-,36?/m1/s1. The number of hydrogen-bond donors (Lipinski definition) is 1. The molecule has 0 radical (unpaired) electrons. The predicted molar refractivity (Wildman–Crippen MR) is 174 cm³/mol. The molecule has 0 saturated carbocycles. The van der Waals surface area contributed by atoms with E-state index in [-0.39, 0.29) is 37.5 Å². The lowest BCUT2D eigenvalue weighted by atomic mass is 9.62. The maximum atomic E-state index is 15.0. The van der Waals surface area contributed by atoms with Gasteiger partial charge in [-0.2, -0.15) is 0 Å². The topological polar surface area (TPSA) is 99.6 Å². The van der Waals surface area contributed by atoms with Crippen LogP contribution in [0.2, 0.25) is 0 Å². The Kier molecular flexibility index (Phi) is 9.42. The summed E-state index contributed by atoms with van der Waals surface area (Å²) in [6, 6.07) is 15.6. The number of carbonyl (C=O) groups is 3. The Bertz CT molecular complexity index is 1400. The van der Waals surface area contributed by atoms with Crippen molar-refractivity contribution in [1.29, 1.82) is 0 Å². The van der Waals surface area contributed by atoms with E-state index in [2.05, 4.69) is 25.3 Å². The first-order valence-corrected chi connectivity index (χ1v) is 16.2. The SMILES string of the molecule is C=CCN(C(=O)C1N([C@@H](CO)Cc2ccccc2)C(=O)[C@@H]2[C@@H](C(=O)OCC)[C@]3(C)OC12CC3C)c1ccc(N(CC)CC)cc1. The van der Waals surface area contributed by atoms with E-state index < -0.39 is 41.1 Å². The maximum absolute atomic E-state index is 15.0. The molecule has 3 heterocycles. The molecule has 3 fully saturated rings. The van der Waals surface area contributed by atoms with Gasteiger partial charge in [0.2, 0.25) is 5.91 Å². The second-order valence-corrected chi connectivity index (χ2v) is 12.7. The Morgan fingerprint density at radius 2 is 1.76 bits per heavy atom. The molecule has 242 valence electrons. The normalized spacial score (nSPS) is 28.9. The van der Waals surface area contributed by atoms with E-state index in [0.717, 1.165) is 24.3 Å². The predicted octanol–water partition coefficient (Wildman–Crippen LogP) is 4.23. The molecule has 2 aromatic rings. The van der Waals surface area contributed by atoms with E-state index in [0.29, 0.717) is 18.5 Å². The van der Waals surface area contributed by atoms with Gasteiger partial charge >= 0.3 is 5.97 Å². The lowest BCUT2D eigenvalue weighted by Crippen LogP contribution is -2.59. The van der Waals surface area contributed by atoms with E-state index in [1.54, 1.807) is 17.9 Å². The van der Waals surface area contributed by atoms with Crippen LogP contribution < -0.4 is 9.80 Å². The second-order valence-electron chi connectivity index (χ2n) is 12.7. The van der Waals surface area contributed by atoms with Gasteiger partial charge in [-0.25, -0.2) is 0 Å². The van der Waals surface area contributed by atoms with Gasteiger partial charge in [-0.15, -0.1) is 6.58 Å². The zero-order valence-electron chi connectivity index (χ0n) is 27.1. The van der Waals surface area contributed by atoms with Crippen molar-refractivity contribution in [3.05, 3.63) is 72.8 Å². The third-order valence-corrected chi connectivity index (χ3v) is 10.3. The van der Waals surface area contributed by atoms with Gasteiger partial charge in [0.15, 0.2) is 0 Å². The number of carbonyl (C=O) groups excluding carboxylic acids is 3. The van der Waals surface area contributed by atoms with Crippen molar-refractivity contribution in [2.45, 2.75) is 70.7 Å². The minimum Gasteiger partial charge on any atom is -0.466 e. The van der Waals surface area contributed by atoms with Crippen molar-refractivity contribution < 1.29 is 29.0 Å². The zero-order valence-corrected chi connectivity index (χ0v) is 27.1. The van der Waals surface area contributed by atoms with Crippen molar-refractivity contribution in [2.75, 3.05) is 42.6 Å². The summed E-state index contributed by atoms with van der Waals surface area (Å²) in [4.78, 5) is 48.6. The van der Waals surface area contributed by atoms with Gasteiger partial charge in [0.25, 0.3) is 5.91 Å². The number of anilines is 2. The Balaban J connectivity index is 1.62. The van der Waals surface area contributed by atoms with E-state index >= 15 is 4.79 Å². The highest BCUT2D eigenvalue weighted by atomic mass is 16.6. The van der Waals surface area contributed by atoms with E-state index in [9.17, 15) is 14.7 Å². The molecule has 7 atom stereocenters. The molecule has 1 N–H and O–H groups in total. The van der Waals surface area contributed by atoms with Gasteiger partial charge in [0.05, 0.1) is 30.8 Å². The highest BCUT2D eigenvalue weighted by Crippen LogP contribution is 2.65. The van der Waals surface area contributed by atoms with Crippen LogP contribution in [0.25, 0.3) is 0 Å². The van der Waals surface area contributed by atoms with Crippen molar-refractivity contribution in [2.24, 2.45) is 17.8 Å². The second kappa shape index (κ2) is 13.0. The average Bonchev–Trinajstić information content (AvgIpc) is 3.56. The number of benzene rings is 2. The number of aliphatic hydroxyl groups excluding tert-OH is 1. The first-order chi connectivity index (χ1) is 21.6. The lowest BCUT2D eigenvalue weighted by molar-refractivity contribution is -0.162. The van der Waals surface area contributed by atoms with E-state index in [4.69, 9.17) is 9.47 Å². The number of esters is 1. The fourth-order valence-electron chi connectivity index (χ4n) is 8.11. The number of rotatable bonds is 13. The Labute approximate surface area is 266 Å². The Morgan fingerprint density at radius 1 is 1.11 bits per heavy atom. The van der Waals surface area contributed by atoms with Gasteiger partial charge in [-0.3, -0.25) is 14.4 Å². The van der Waals surface area contributed by atoms with Gasteiger partial charge < -0.3 is 29.3 Å². The summed E-state index contributed by atoms with van der Waals surface area (Å²) < 4.78 is 12.4. The molecular weight excluding hydrogens is 570 g/mol. The van der Waals surface area contributed by atoms with Crippen molar-refractivity contribution in [3.8, 4) is 0 Å². The third kappa shape index (κ3) is 5.33. The maximum Gasteiger partial charge on any atom is 0.312 e. The quantitative estimate of drug-likeness (QED) is 0.265. The molecule has 3 unspecified atom stereocenters. The van der Waals surface area contributed by atoms with Crippen LogP contribution in [-0.2, 0) is 30.3 Å². The first kappa shape index (κ1) is 32.7. The number of nitrogens with zero attached hydrogens (tertiary/aromatic N) is 3. The van der Waals surface area contributed by atoms with Crippen LogP contribution in [0.5, 0.6) is 0 Å². The van der Waals surface area contributed by atoms with Gasteiger partial charge in [0.1, 0.15) is 17.6 Å². The molecular formula is C36H47N3O6. The van der Waals surface area contributed by atoms with E-state index in [1.165, 1.54) is 4.90 Å². The van der Waals surface area contributed by atoms with Gasteiger partial charge in [-0.05, 0) is 76.3 Å². The zero-order chi connectivity index (χ0) is 32.5. The minimum absolute atomic E-state index is 0.117. The minimum atomic E-state index is -1.26. The highest BCUT2D eigenvalue weighted by Gasteiger charge is 2.80. The van der Waals surface area contributed by atoms with Crippen LogP contribution in [0.4, 0.5) is 11.4 Å². The average molecular weight is 618 g/mol. The van der Waals surface area contributed by atoms with Crippen molar-refractivity contribution in [1.82, 2.24) is 4.90 Å². The molecule has 45 heavy (non-hydrogen) atoms. The molecule has 3 saturated heterocycles. The van der Waals surface area contributed by atoms with Gasteiger partial charge in [-0.1, -0.05) is 43.3 Å². The van der Waals surface area contributed by atoms with Crippen molar-refractivity contribution in [3.63, 3.8) is 0 Å². The molecule has 9 heteroatoms. The molecule has 3 aliphatic heterocycles. The van der Waals surface area contributed by atoms with Gasteiger partial charge in [0, 0.05) is 31.0 Å². The molecule has 2 amide bonds. The summed E-state index contributed by atoms with van der Waals surface area (Å²) in [5.41, 5.74) is 0.406. The number of ether oxygens (including phenoxy) is 2. The molecule has 0 aromatic heterocycles. The summed E-state index contributed by atoms with van der Waals surface area (Å²) in [5, 5.41) is 10.8. The summed E-state index contributed by atoms with van der Waals surface area (Å²) in [6.45, 7) is 15.5. The molecule has 2 bridgehead atoms. The fourth-order valence-corrected chi connectivity index (χ4v) is 8.11. The molecule has 9 nitrogen and oxygen atoms in total. The number of likely N-dealkylation sites (tertiary alicyclic amines) is 1. The molecule has 3 aliphatic rings. The summed E-state index contributed by atoms with van der Waals surface area (Å²) in [7, 11) is 0. The van der Waals surface area contributed by atoms with Crippen LogP contribution in [0.1, 0.15) is 46.6 Å². The van der Waals surface area contributed by atoms with Crippen LogP contribution in [-0.4, -0.2) is 83.9 Å². The van der Waals surface area contributed by atoms with Crippen LogP contribution in [0.15, 0.2) is 67.3 Å². The number of aliphatic hydroxyl groups is 1. The summed E-state index contributed by atoms with van der Waals surface area (Å²) in [5.74, 6) is -3.06. The Hall–Kier alpha value is -3.69. The van der Waals surface area contributed by atoms with Crippen LogP contribution in [0, 0.1) is 17.8 Å². The highest BCUT2D eigenvalue weighted by molar-refractivity contribution is 6.05. The van der Waals surface area contributed by atoms with E-state index in [1.807, 2.05) is 68.4 Å². The third-order valence-electron chi connectivity index (χ3n) is 10.3. The first-order valence-electron chi connectivity index (χ1n) is 16.2. The summed E-state index contributed by atoms with van der Waals surface area (Å²) >= 11 is 0. The molecule has 2 aromatic carbocycles. The Morgan fingerprint density at radius 3 is 2.33 bits per heavy atom. The molecule has 5 rings (SSSR count). The van der Waals surface area contributed by atoms with Crippen LogP contribution in [0.3, 0.4) is 0 Å². The largest absolute Gasteiger partial charge is 0.466 e. The fraction of sp³-hybridized carbons (Fsp3) is 0.528. The monoisotopic (exact) mass is 617 g/mol. The lowest BCUT2D eigenvalue weighted by Gasteiger charge is -2.39. The number of hydrogen-bond acceptors (Lipinski definition) is 7. The smallest absolute Gasteiger partial charge is 0.312 e. The van der Waals surface area contributed by atoms with Crippen molar-refractivity contribution >= 4 is 29.2 Å². The van der Waals surface area contributed by atoms with Crippen LogP contribution >= 0.6 is 0 Å². The molecule has 0 aliphatic carbocycles. The number of fused-ring (bicyclic) bond motifs is 1. The molecule has 1 spiro atoms. The number of amides is 2. The summed E-state index contributed by atoms with van der Waals surface area (Å²) in [6.07, 6.45) is 2.43.